The van der Waals surface area contributed by atoms with Gasteiger partial charge in [0.15, 0.2) is 6.10 Å². The summed E-state index contributed by atoms with van der Waals surface area (Å²) >= 11 is 0. The van der Waals surface area contributed by atoms with Gasteiger partial charge in [-0.2, -0.15) is 0 Å². The predicted octanol–water partition coefficient (Wildman–Crippen LogP) is 15.8. The number of esters is 3. The summed E-state index contributed by atoms with van der Waals surface area (Å²) < 4.78 is 40.7. The minimum Gasteiger partial charge on any atom is -0.462 e. The molecule has 0 saturated heterocycles. The van der Waals surface area contributed by atoms with E-state index in [2.05, 4.69) is 47.6 Å². The van der Waals surface area contributed by atoms with Crippen molar-refractivity contribution in [1.82, 2.24) is 0 Å². The number of phosphoric ester groups is 1. The van der Waals surface area contributed by atoms with E-state index >= 15 is 0 Å². The van der Waals surface area contributed by atoms with Crippen molar-refractivity contribution in [2.45, 2.75) is 266 Å². The van der Waals surface area contributed by atoms with Crippen LogP contribution in [-0.2, 0) is 42.2 Å². The monoisotopic (exact) mass is 1050 g/mol. The van der Waals surface area contributed by atoms with Crippen molar-refractivity contribution in [3.8, 4) is 0 Å². The molecule has 4 aliphatic carbocycles. The molecular formula is C61H111NO10P+. The summed E-state index contributed by atoms with van der Waals surface area (Å²) in [5, 5.41) is 0. The fourth-order valence-electron chi connectivity index (χ4n) is 13.8. The highest BCUT2D eigenvalue weighted by Crippen LogP contribution is 2.67. The normalized spacial score (nSPS) is 26.5. The molecule has 11 nitrogen and oxygen atoms in total. The first-order valence-electron chi connectivity index (χ1n) is 30.4. The number of rotatable bonds is 39. The molecule has 0 aromatic heterocycles. The number of carbonyl (C=O) groups is 3. The lowest BCUT2D eigenvalue weighted by atomic mass is 9.47. The van der Waals surface area contributed by atoms with Gasteiger partial charge in [0.25, 0.3) is 0 Å². The molecule has 4 aliphatic rings. The molecule has 0 aromatic carbocycles. The van der Waals surface area contributed by atoms with Gasteiger partial charge >= 0.3 is 25.7 Å². The Hall–Kier alpha value is -1.78. The van der Waals surface area contributed by atoms with Gasteiger partial charge in [0.1, 0.15) is 25.9 Å². The van der Waals surface area contributed by atoms with Crippen LogP contribution in [0.1, 0.15) is 253 Å². The Morgan fingerprint density at radius 3 is 1.86 bits per heavy atom. The van der Waals surface area contributed by atoms with Crippen LogP contribution < -0.4 is 0 Å². The number of ether oxygens (including phenoxy) is 3. The molecule has 1 N–H and O–H groups in total. The van der Waals surface area contributed by atoms with E-state index in [1.54, 1.807) is 0 Å². The molecule has 424 valence electrons. The van der Waals surface area contributed by atoms with E-state index in [0.29, 0.717) is 28.8 Å². The Morgan fingerprint density at radius 2 is 1.27 bits per heavy atom. The number of quaternary nitrogens is 1. The minimum atomic E-state index is -4.47. The highest BCUT2D eigenvalue weighted by molar-refractivity contribution is 7.47. The Labute approximate surface area is 446 Å². The summed E-state index contributed by atoms with van der Waals surface area (Å²) in [6.07, 6.45) is 38.2. The van der Waals surface area contributed by atoms with Crippen LogP contribution in [0.4, 0.5) is 0 Å². The van der Waals surface area contributed by atoms with Crippen molar-refractivity contribution in [3.63, 3.8) is 0 Å². The van der Waals surface area contributed by atoms with Gasteiger partial charge in [0.05, 0.1) is 40.6 Å². The molecule has 3 unspecified atom stereocenters. The van der Waals surface area contributed by atoms with Crippen molar-refractivity contribution < 1.29 is 51.6 Å². The quantitative estimate of drug-likeness (QED) is 0.0158. The third kappa shape index (κ3) is 23.0. The van der Waals surface area contributed by atoms with E-state index in [0.717, 1.165) is 74.5 Å². The zero-order chi connectivity index (χ0) is 53.3. The second kappa shape index (κ2) is 32.8. The molecule has 0 radical (unpaired) electrons. The number of allylic oxidation sites excluding steroid dienone is 1. The molecule has 0 amide bonds. The van der Waals surface area contributed by atoms with Gasteiger partial charge in [-0.3, -0.25) is 23.4 Å². The van der Waals surface area contributed by atoms with E-state index in [4.69, 9.17) is 23.3 Å². The summed E-state index contributed by atoms with van der Waals surface area (Å²) in [6, 6.07) is 0. The minimum absolute atomic E-state index is 0.0103. The molecule has 10 atom stereocenters. The number of hydrogen-bond acceptors (Lipinski definition) is 9. The fourth-order valence-corrected chi connectivity index (χ4v) is 14.6. The molecule has 73 heavy (non-hydrogen) atoms. The topological polar surface area (TPSA) is 135 Å². The average Bonchev–Trinajstić information content (AvgIpc) is 3.69. The molecular weight excluding hydrogens is 938 g/mol. The van der Waals surface area contributed by atoms with Crippen LogP contribution in [0.5, 0.6) is 0 Å². The number of unbranched alkanes of at least 4 members (excludes halogenated alkanes) is 18. The van der Waals surface area contributed by atoms with Gasteiger partial charge < -0.3 is 23.6 Å². The second-order valence-electron chi connectivity index (χ2n) is 25.7. The molecule has 0 aliphatic heterocycles. The van der Waals surface area contributed by atoms with Crippen molar-refractivity contribution in [2.24, 2.45) is 46.3 Å². The lowest BCUT2D eigenvalue weighted by Gasteiger charge is -2.58. The van der Waals surface area contributed by atoms with Crippen LogP contribution in [0, 0.1) is 46.3 Å². The van der Waals surface area contributed by atoms with Crippen molar-refractivity contribution in [3.05, 3.63) is 11.6 Å². The number of likely N-dealkylation sites (N-methyl/N-ethyl adjacent to an activating group) is 1. The summed E-state index contributed by atoms with van der Waals surface area (Å²) in [5.74, 6) is 3.07. The molecule has 0 heterocycles. The zero-order valence-electron chi connectivity index (χ0n) is 48.4. The number of nitrogens with zero attached hydrogens (tertiary/aromatic N) is 1. The highest BCUT2D eigenvalue weighted by atomic mass is 31.2. The average molecular weight is 1050 g/mol. The lowest BCUT2D eigenvalue weighted by Crippen LogP contribution is -2.51. The first-order valence-corrected chi connectivity index (χ1v) is 31.9. The summed E-state index contributed by atoms with van der Waals surface area (Å²) in [7, 11) is 1.35. The summed E-state index contributed by atoms with van der Waals surface area (Å²) in [5.41, 5.74) is 2.05. The van der Waals surface area contributed by atoms with Crippen LogP contribution in [0.2, 0.25) is 0 Å². The zero-order valence-corrected chi connectivity index (χ0v) is 49.3. The van der Waals surface area contributed by atoms with E-state index in [1.807, 2.05) is 21.1 Å². The summed E-state index contributed by atoms with van der Waals surface area (Å²) in [6.45, 7) is 14.2. The second-order valence-corrected chi connectivity index (χ2v) is 27.1. The maximum Gasteiger partial charge on any atom is 0.472 e. The van der Waals surface area contributed by atoms with Crippen LogP contribution in [-0.4, -0.2) is 87.0 Å². The van der Waals surface area contributed by atoms with Crippen molar-refractivity contribution in [1.29, 1.82) is 0 Å². The largest absolute Gasteiger partial charge is 0.472 e. The molecule has 0 spiro atoms. The molecule has 3 saturated carbocycles. The number of carbonyl (C=O) groups excluding carboxylic acids is 3. The van der Waals surface area contributed by atoms with Gasteiger partial charge in [-0.25, -0.2) is 4.57 Å². The van der Waals surface area contributed by atoms with Gasteiger partial charge in [0, 0.05) is 12.8 Å². The lowest BCUT2D eigenvalue weighted by molar-refractivity contribution is -0.870. The smallest absolute Gasteiger partial charge is 0.462 e. The standard InChI is InChI=1S/C61H110NO10P/c1-10-11-12-13-14-15-16-17-18-19-20-21-22-23-24-25-26-27-28-32-58(64)72-52(47-70-73(66,67)69-44-43-62(7,8)9)46-68-57(63)37-38-59(65)71-51-39-41-60(5)50(45-51)33-34-53-55-36-35-54(49(4)31-29-30-48(2)3)61(55,6)42-40-56(53)60/h33,48-49,51-56H,10-32,34-47H2,1-9H3/p+1/t49-,51?,52?,53+,54-,55+,56+,60+,61-/m0/s1. The van der Waals surface area contributed by atoms with Gasteiger partial charge in [-0.1, -0.05) is 188 Å². The van der Waals surface area contributed by atoms with Crippen LogP contribution in [0.3, 0.4) is 0 Å². The third-order valence-corrected chi connectivity index (χ3v) is 19.2. The fraction of sp³-hybridized carbons (Fsp3) is 0.918. The summed E-state index contributed by atoms with van der Waals surface area (Å²) in [4.78, 5) is 49.5. The van der Waals surface area contributed by atoms with Crippen LogP contribution >= 0.6 is 7.82 Å². The van der Waals surface area contributed by atoms with Crippen LogP contribution in [0.15, 0.2) is 11.6 Å². The van der Waals surface area contributed by atoms with Gasteiger partial charge in [0.2, 0.25) is 0 Å². The van der Waals surface area contributed by atoms with E-state index in [1.165, 1.54) is 147 Å². The van der Waals surface area contributed by atoms with Gasteiger partial charge in [-0.15, -0.1) is 0 Å². The predicted molar refractivity (Wildman–Crippen MR) is 296 cm³/mol. The molecule has 0 aromatic rings. The van der Waals surface area contributed by atoms with E-state index in [-0.39, 0.29) is 44.0 Å². The first kappa shape index (κ1) is 63.8. The molecule has 3 fully saturated rings. The van der Waals surface area contributed by atoms with Gasteiger partial charge in [-0.05, 0) is 97.7 Å². The highest BCUT2D eigenvalue weighted by Gasteiger charge is 2.59. The maximum absolute atomic E-state index is 13.2. The van der Waals surface area contributed by atoms with Crippen LogP contribution in [0.25, 0.3) is 0 Å². The third-order valence-electron chi connectivity index (χ3n) is 18.2. The van der Waals surface area contributed by atoms with E-state index < -0.39 is 38.4 Å². The number of fused-ring (bicyclic) bond motifs is 5. The Morgan fingerprint density at radius 1 is 0.685 bits per heavy atom. The first-order chi connectivity index (χ1) is 34.8. The Bertz CT molecular complexity index is 1680. The SMILES string of the molecule is CCCCCCCCCCCCCCCCCCCCCC(=O)OC(COC(=O)CCC(=O)OC1CC[C@]2(C)C(=CC[C@@H]3[C@H]4CC[C@@H]([C@@H](C)CCCC(C)C)[C@]4(C)CC[C@H]32)C1)COP(=O)(O)OCC[N+](C)(C)C. The van der Waals surface area contributed by atoms with Crippen molar-refractivity contribution in [2.75, 3.05) is 47.5 Å². The maximum atomic E-state index is 13.2. The van der Waals surface area contributed by atoms with E-state index in [9.17, 15) is 23.8 Å². The number of phosphoric acid groups is 1. The molecule has 12 heteroatoms. The Balaban J connectivity index is 1.14. The number of hydrogen-bond donors (Lipinski definition) is 1. The Kier molecular flexibility index (Phi) is 28.7. The van der Waals surface area contributed by atoms with Crippen molar-refractivity contribution >= 4 is 25.7 Å². The molecule has 4 rings (SSSR count). The molecule has 0 bridgehead atoms.